The van der Waals surface area contributed by atoms with E-state index < -0.39 is 24.6 Å². The lowest BCUT2D eigenvalue weighted by molar-refractivity contribution is -0.123. The van der Waals surface area contributed by atoms with Crippen LogP contribution in [0.2, 0.25) is 0 Å². The fourth-order valence-corrected chi connectivity index (χ4v) is 1.64. The maximum absolute atomic E-state index is 9.21. The Hall–Kier alpha value is 0.190. The SMILES string of the molecule is CSC[C@H]1O[C@@H](O)C(O)[C@@H]1O. The van der Waals surface area contributed by atoms with Crippen LogP contribution in [0.15, 0.2) is 0 Å². The molecule has 11 heavy (non-hydrogen) atoms. The quantitative estimate of drug-likeness (QED) is 0.497. The molecule has 0 aliphatic carbocycles. The zero-order valence-corrected chi connectivity index (χ0v) is 6.99. The van der Waals surface area contributed by atoms with Gasteiger partial charge in [-0.3, -0.25) is 0 Å². The lowest BCUT2D eigenvalue weighted by atomic mass is 10.2. The molecule has 1 saturated heterocycles. The van der Waals surface area contributed by atoms with Gasteiger partial charge in [-0.25, -0.2) is 0 Å². The van der Waals surface area contributed by atoms with Crippen LogP contribution in [0.3, 0.4) is 0 Å². The summed E-state index contributed by atoms with van der Waals surface area (Å²) in [6.07, 6.45) is -1.94. The number of rotatable bonds is 2. The van der Waals surface area contributed by atoms with Gasteiger partial charge in [0, 0.05) is 5.75 Å². The Balaban J connectivity index is 2.45. The maximum Gasteiger partial charge on any atom is 0.183 e. The molecule has 1 aliphatic heterocycles. The molecule has 4 atom stereocenters. The Bertz CT molecular complexity index is 132. The summed E-state index contributed by atoms with van der Waals surface area (Å²) in [4.78, 5) is 0. The van der Waals surface area contributed by atoms with Gasteiger partial charge in [0.2, 0.25) is 0 Å². The molecule has 3 N–H and O–H groups in total. The number of hydrogen-bond acceptors (Lipinski definition) is 5. The van der Waals surface area contributed by atoms with Crippen LogP contribution < -0.4 is 0 Å². The van der Waals surface area contributed by atoms with Gasteiger partial charge in [-0.1, -0.05) is 0 Å². The Labute approximate surface area is 69.2 Å². The molecule has 0 radical (unpaired) electrons. The monoisotopic (exact) mass is 180 g/mol. The van der Waals surface area contributed by atoms with Gasteiger partial charge in [-0.05, 0) is 6.26 Å². The van der Waals surface area contributed by atoms with E-state index in [1.54, 1.807) is 0 Å². The molecule has 1 aliphatic rings. The molecule has 0 amide bonds. The van der Waals surface area contributed by atoms with Gasteiger partial charge in [0.1, 0.15) is 12.2 Å². The highest BCUT2D eigenvalue weighted by Crippen LogP contribution is 2.21. The minimum absolute atomic E-state index is 0.449. The standard InChI is InChI=1S/C6H12O4S/c1-11-2-3-4(7)5(8)6(9)10-3/h3-9H,2H2,1H3/t3-,4-,5?,6-/m1/s1. The van der Waals surface area contributed by atoms with E-state index in [0.29, 0.717) is 5.75 Å². The van der Waals surface area contributed by atoms with Crippen molar-refractivity contribution < 1.29 is 20.1 Å². The molecule has 4 nitrogen and oxygen atoms in total. The highest BCUT2D eigenvalue weighted by Gasteiger charge is 2.41. The molecule has 5 heteroatoms. The Morgan fingerprint density at radius 3 is 2.27 bits per heavy atom. The number of aliphatic hydroxyl groups excluding tert-OH is 3. The third kappa shape index (κ3) is 1.86. The molecule has 0 bridgehead atoms. The summed E-state index contributed by atoms with van der Waals surface area (Å²) in [5, 5.41) is 27.2. The van der Waals surface area contributed by atoms with Crippen molar-refractivity contribution in [1.82, 2.24) is 0 Å². The van der Waals surface area contributed by atoms with Gasteiger partial charge >= 0.3 is 0 Å². The zero-order valence-electron chi connectivity index (χ0n) is 6.17. The van der Waals surface area contributed by atoms with Crippen LogP contribution in [0, 0.1) is 0 Å². The van der Waals surface area contributed by atoms with Crippen molar-refractivity contribution in [2.45, 2.75) is 24.6 Å². The number of hydrogen-bond donors (Lipinski definition) is 3. The topological polar surface area (TPSA) is 69.9 Å². The van der Waals surface area contributed by atoms with E-state index in [9.17, 15) is 5.11 Å². The molecule has 1 heterocycles. The molecule has 0 saturated carbocycles. The van der Waals surface area contributed by atoms with Crippen LogP contribution in [0.1, 0.15) is 0 Å². The van der Waals surface area contributed by atoms with E-state index in [0.717, 1.165) is 0 Å². The van der Waals surface area contributed by atoms with Crippen molar-refractivity contribution in [3.63, 3.8) is 0 Å². The summed E-state index contributed by atoms with van der Waals surface area (Å²) < 4.78 is 4.86. The summed E-state index contributed by atoms with van der Waals surface area (Å²) >= 11 is 1.50. The third-order valence-corrected chi connectivity index (χ3v) is 2.33. The third-order valence-electron chi connectivity index (χ3n) is 1.67. The highest BCUT2D eigenvalue weighted by atomic mass is 32.2. The van der Waals surface area contributed by atoms with E-state index in [4.69, 9.17) is 14.9 Å². The van der Waals surface area contributed by atoms with E-state index in [1.165, 1.54) is 11.8 Å². The van der Waals surface area contributed by atoms with Crippen molar-refractivity contribution in [2.75, 3.05) is 12.0 Å². The maximum atomic E-state index is 9.21. The van der Waals surface area contributed by atoms with Crippen LogP contribution in [0.25, 0.3) is 0 Å². The summed E-state index contributed by atoms with van der Waals surface area (Å²) in [5.74, 6) is 0.579. The molecule has 1 unspecified atom stereocenters. The first-order chi connectivity index (χ1) is 5.16. The molecule has 0 spiro atoms. The average Bonchev–Trinajstić information content (AvgIpc) is 2.19. The predicted molar refractivity (Wildman–Crippen MR) is 41.3 cm³/mol. The molecular formula is C6H12O4S. The summed E-state index contributed by atoms with van der Waals surface area (Å²) in [6.45, 7) is 0. The van der Waals surface area contributed by atoms with Crippen molar-refractivity contribution in [1.29, 1.82) is 0 Å². The number of thioether (sulfide) groups is 1. The van der Waals surface area contributed by atoms with Gasteiger partial charge in [0.25, 0.3) is 0 Å². The highest BCUT2D eigenvalue weighted by molar-refractivity contribution is 7.98. The molecule has 1 fully saturated rings. The van der Waals surface area contributed by atoms with Gasteiger partial charge in [0.05, 0.1) is 6.10 Å². The van der Waals surface area contributed by atoms with Gasteiger partial charge in [0.15, 0.2) is 6.29 Å². The molecule has 1 rings (SSSR count). The number of ether oxygens (including phenoxy) is 1. The van der Waals surface area contributed by atoms with Crippen molar-refractivity contribution in [3.8, 4) is 0 Å². The van der Waals surface area contributed by atoms with Gasteiger partial charge in [-0.2, -0.15) is 11.8 Å². The molecular weight excluding hydrogens is 168 g/mol. The Morgan fingerprint density at radius 1 is 1.27 bits per heavy atom. The summed E-state index contributed by atoms with van der Waals surface area (Å²) in [7, 11) is 0. The van der Waals surface area contributed by atoms with Crippen LogP contribution in [0.4, 0.5) is 0 Å². The van der Waals surface area contributed by atoms with E-state index in [2.05, 4.69) is 0 Å². The smallest absolute Gasteiger partial charge is 0.183 e. The number of aliphatic hydroxyl groups is 3. The normalized spacial score (nSPS) is 44.7. The van der Waals surface area contributed by atoms with Crippen LogP contribution in [0.5, 0.6) is 0 Å². The van der Waals surface area contributed by atoms with Crippen LogP contribution >= 0.6 is 11.8 Å². The van der Waals surface area contributed by atoms with Gasteiger partial charge < -0.3 is 20.1 Å². The second-order valence-electron chi connectivity index (χ2n) is 2.50. The average molecular weight is 180 g/mol. The van der Waals surface area contributed by atoms with Crippen molar-refractivity contribution in [3.05, 3.63) is 0 Å². The fourth-order valence-electron chi connectivity index (χ4n) is 1.03. The Kier molecular flexibility index (Phi) is 3.15. The van der Waals surface area contributed by atoms with Crippen molar-refractivity contribution >= 4 is 11.8 Å². The molecule has 0 aromatic rings. The predicted octanol–water partition coefficient (Wildman–Crippen LogP) is -1.21. The van der Waals surface area contributed by atoms with Crippen molar-refractivity contribution in [2.24, 2.45) is 0 Å². The van der Waals surface area contributed by atoms with E-state index >= 15 is 0 Å². The summed E-state index contributed by atoms with van der Waals surface area (Å²) in [6, 6.07) is 0. The Morgan fingerprint density at radius 2 is 1.91 bits per heavy atom. The lowest BCUT2D eigenvalue weighted by Crippen LogP contribution is -2.33. The first-order valence-electron chi connectivity index (χ1n) is 3.35. The fraction of sp³-hybridized carbons (Fsp3) is 1.00. The largest absolute Gasteiger partial charge is 0.387 e. The second-order valence-corrected chi connectivity index (χ2v) is 3.41. The lowest BCUT2D eigenvalue weighted by Gasteiger charge is -2.11. The zero-order chi connectivity index (χ0) is 8.43. The molecule has 0 aromatic carbocycles. The van der Waals surface area contributed by atoms with Crippen LogP contribution in [-0.2, 0) is 4.74 Å². The minimum atomic E-state index is -1.23. The first kappa shape index (κ1) is 9.28. The molecule has 66 valence electrons. The second kappa shape index (κ2) is 3.73. The summed E-state index contributed by atoms with van der Waals surface area (Å²) in [5.41, 5.74) is 0. The van der Waals surface area contributed by atoms with E-state index in [1.807, 2.05) is 6.26 Å². The molecule has 0 aromatic heterocycles. The minimum Gasteiger partial charge on any atom is -0.387 e. The van der Waals surface area contributed by atoms with E-state index in [-0.39, 0.29) is 0 Å². The first-order valence-corrected chi connectivity index (χ1v) is 4.75. The van der Waals surface area contributed by atoms with Gasteiger partial charge in [-0.15, -0.1) is 0 Å². The van der Waals surface area contributed by atoms with Crippen LogP contribution in [-0.4, -0.2) is 51.9 Å².